The Morgan fingerprint density at radius 1 is 1.00 bits per heavy atom. The summed E-state index contributed by atoms with van der Waals surface area (Å²) in [5, 5.41) is 3.67. The predicted molar refractivity (Wildman–Crippen MR) is 130 cm³/mol. The van der Waals surface area contributed by atoms with Crippen LogP contribution < -0.4 is 10.1 Å². The lowest BCUT2D eigenvalue weighted by Gasteiger charge is -2.41. The summed E-state index contributed by atoms with van der Waals surface area (Å²) in [6, 6.07) is 19.2. The highest BCUT2D eigenvalue weighted by Gasteiger charge is 2.29. The van der Waals surface area contributed by atoms with Gasteiger partial charge in [0.15, 0.2) is 6.29 Å². The van der Waals surface area contributed by atoms with Crippen LogP contribution in [-0.4, -0.2) is 65.6 Å². The van der Waals surface area contributed by atoms with Gasteiger partial charge in [0, 0.05) is 45.1 Å². The van der Waals surface area contributed by atoms with E-state index in [1.165, 1.54) is 16.7 Å². The van der Waals surface area contributed by atoms with E-state index in [4.69, 9.17) is 9.73 Å². The topological polar surface area (TPSA) is 65.9 Å². The maximum Gasteiger partial charge on any atom is 0.178 e. The van der Waals surface area contributed by atoms with Crippen LogP contribution in [0.2, 0.25) is 0 Å². The van der Waals surface area contributed by atoms with Crippen molar-refractivity contribution in [3.05, 3.63) is 90.7 Å². The molecule has 2 aliphatic rings. The van der Waals surface area contributed by atoms with Gasteiger partial charge >= 0.3 is 0 Å². The van der Waals surface area contributed by atoms with Crippen LogP contribution in [0, 0.1) is 0 Å². The molecule has 3 aromatic rings. The van der Waals surface area contributed by atoms with Gasteiger partial charge in [0.1, 0.15) is 12.1 Å². The minimum atomic E-state index is -0.0527. The molecule has 5 rings (SSSR count). The first-order valence-corrected chi connectivity index (χ1v) is 11.2. The first-order valence-electron chi connectivity index (χ1n) is 11.2. The van der Waals surface area contributed by atoms with Crippen molar-refractivity contribution in [1.82, 2.24) is 25.1 Å². The first-order chi connectivity index (χ1) is 16.2. The summed E-state index contributed by atoms with van der Waals surface area (Å²) in [7, 11) is 3.76. The molecule has 0 aliphatic carbocycles. The number of nitrogens with zero attached hydrogens (tertiary/aromatic N) is 5. The molecule has 1 aromatic heterocycles. The van der Waals surface area contributed by atoms with Gasteiger partial charge in [-0.25, -0.2) is 15.0 Å². The van der Waals surface area contributed by atoms with Crippen LogP contribution in [0.1, 0.15) is 17.3 Å². The van der Waals surface area contributed by atoms with Gasteiger partial charge in [-0.1, -0.05) is 36.4 Å². The van der Waals surface area contributed by atoms with E-state index in [0.29, 0.717) is 0 Å². The number of ether oxygens (including phenoxy) is 1. The van der Waals surface area contributed by atoms with E-state index in [1.54, 1.807) is 19.6 Å². The maximum atomic E-state index is 5.27. The zero-order chi connectivity index (χ0) is 22.6. The Hall–Kier alpha value is -3.55. The van der Waals surface area contributed by atoms with Gasteiger partial charge in [0.25, 0.3) is 0 Å². The highest BCUT2D eigenvalue weighted by atomic mass is 16.5. The third-order valence-corrected chi connectivity index (χ3v) is 6.20. The summed E-state index contributed by atoms with van der Waals surface area (Å²) in [6.45, 7) is 2.73. The molecule has 1 fully saturated rings. The molecule has 3 heterocycles. The third-order valence-electron chi connectivity index (χ3n) is 6.20. The SMILES string of the molecule is COc1ccc(-c2ccc(C3CN(C4N=C(c5ccncn5)C=CN4C)CCN3)cc2)cc1. The van der Waals surface area contributed by atoms with Gasteiger partial charge in [0.2, 0.25) is 0 Å². The Kier molecular flexibility index (Phi) is 6.15. The van der Waals surface area contributed by atoms with E-state index in [9.17, 15) is 0 Å². The molecule has 2 aromatic carbocycles. The molecule has 0 radical (unpaired) electrons. The standard InChI is InChI=1S/C26H28N6O/c1-31-15-12-24(23-11-13-27-18-29-23)30-26(31)32-16-14-28-25(17-32)21-5-3-19(4-6-21)20-7-9-22(33-2)10-8-20/h3-13,15,18,25-26,28H,14,16-17H2,1-2H3. The molecular formula is C26H28N6O. The van der Waals surface area contributed by atoms with Crippen molar-refractivity contribution in [2.45, 2.75) is 12.3 Å². The second-order valence-corrected chi connectivity index (χ2v) is 8.29. The number of benzene rings is 2. The zero-order valence-electron chi connectivity index (χ0n) is 18.9. The molecule has 0 saturated carbocycles. The van der Waals surface area contributed by atoms with Crippen LogP contribution in [0.5, 0.6) is 5.75 Å². The lowest BCUT2D eigenvalue weighted by Crippen LogP contribution is -2.54. The average molecular weight is 441 g/mol. The fraction of sp³-hybridized carbons (Fsp3) is 0.269. The van der Waals surface area contributed by atoms with Crippen LogP contribution >= 0.6 is 0 Å². The van der Waals surface area contributed by atoms with Crippen molar-refractivity contribution in [1.29, 1.82) is 0 Å². The number of rotatable bonds is 5. The molecule has 0 bridgehead atoms. The van der Waals surface area contributed by atoms with Crippen LogP contribution in [0.25, 0.3) is 11.1 Å². The first kappa shape index (κ1) is 21.3. The van der Waals surface area contributed by atoms with Gasteiger partial charge < -0.3 is 15.0 Å². The Labute approximate surface area is 194 Å². The van der Waals surface area contributed by atoms with Gasteiger partial charge in [0.05, 0.1) is 18.5 Å². The van der Waals surface area contributed by atoms with E-state index in [1.807, 2.05) is 24.3 Å². The molecular weight excluding hydrogens is 412 g/mol. The molecule has 33 heavy (non-hydrogen) atoms. The van der Waals surface area contributed by atoms with Crippen molar-refractivity contribution in [3.63, 3.8) is 0 Å². The number of aromatic nitrogens is 2. The van der Waals surface area contributed by atoms with Crippen molar-refractivity contribution >= 4 is 5.71 Å². The lowest BCUT2D eigenvalue weighted by molar-refractivity contribution is 0.0684. The lowest BCUT2D eigenvalue weighted by atomic mass is 9.99. The second kappa shape index (κ2) is 9.52. The van der Waals surface area contributed by atoms with Crippen LogP contribution in [0.3, 0.4) is 0 Å². The number of hydrogen-bond acceptors (Lipinski definition) is 7. The van der Waals surface area contributed by atoms with Gasteiger partial charge in [-0.2, -0.15) is 0 Å². The monoisotopic (exact) mass is 440 g/mol. The summed E-state index contributed by atoms with van der Waals surface area (Å²) in [5.41, 5.74) is 5.40. The van der Waals surface area contributed by atoms with E-state index in [-0.39, 0.29) is 12.3 Å². The highest BCUT2D eigenvalue weighted by Crippen LogP contribution is 2.26. The molecule has 7 nitrogen and oxygen atoms in total. The van der Waals surface area contributed by atoms with Gasteiger partial charge in [-0.05, 0) is 41.0 Å². The smallest absolute Gasteiger partial charge is 0.178 e. The summed E-state index contributed by atoms with van der Waals surface area (Å²) in [4.78, 5) is 18.0. The maximum absolute atomic E-state index is 5.27. The van der Waals surface area contributed by atoms with Gasteiger partial charge in [-0.3, -0.25) is 4.90 Å². The van der Waals surface area contributed by atoms with Crippen molar-refractivity contribution in [2.24, 2.45) is 4.99 Å². The van der Waals surface area contributed by atoms with Crippen molar-refractivity contribution in [3.8, 4) is 16.9 Å². The molecule has 1 N–H and O–H groups in total. The predicted octanol–water partition coefficient (Wildman–Crippen LogP) is 3.33. The fourth-order valence-electron chi connectivity index (χ4n) is 4.35. The average Bonchev–Trinajstić information content (AvgIpc) is 2.90. The minimum Gasteiger partial charge on any atom is -0.497 e. The normalized spacial score (nSPS) is 21.0. The highest BCUT2D eigenvalue weighted by molar-refractivity contribution is 6.07. The molecule has 2 aliphatic heterocycles. The fourth-order valence-corrected chi connectivity index (χ4v) is 4.35. The van der Waals surface area contributed by atoms with E-state index in [2.05, 4.69) is 74.7 Å². The van der Waals surface area contributed by atoms with Crippen LogP contribution in [0.15, 0.2) is 84.4 Å². The van der Waals surface area contributed by atoms with Crippen LogP contribution in [0.4, 0.5) is 0 Å². The quantitative estimate of drug-likeness (QED) is 0.657. The Bertz CT molecular complexity index is 1130. The van der Waals surface area contributed by atoms with Crippen molar-refractivity contribution < 1.29 is 4.74 Å². The number of hydrogen-bond donors (Lipinski definition) is 1. The van der Waals surface area contributed by atoms with E-state index < -0.39 is 0 Å². The van der Waals surface area contributed by atoms with E-state index >= 15 is 0 Å². The molecule has 0 spiro atoms. The molecule has 1 saturated heterocycles. The molecule has 2 unspecified atom stereocenters. The largest absolute Gasteiger partial charge is 0.497 e. The summed E-state index contributed by atoms with van der Waals surface area (Å²) in [6.07, 6.45) is 7.35. The minimum absolute atomic E-state index is 0.0527. The number of piperazine rings is 1. The Balaban J connectivity index is 1.31. The molecule has 2 atom stereocenters. The Morgan fingerprint density at radius 2 is 1.76 bits per heavy atom. The number of nitrogens with one attached hydrogen (secondary N) is 1. The summed E-state index contributed by atoms with van der Waals surface area (Å²) in [5.74, 6) is 0.870. The summed E-state index contributed by atoms with van der Waals surface area (Å²) < 4.78 is 5.27. The Morgan fingerprint density at radius 3 is 2.45 bits per heavy atom. The molecule has 168 valence electrons. The number of aliphatic imine (C=N–C) groups is 1. The van der Waals surface area contributed by atoms with E-state index in [0.717, 1.165) is 36.8 Å². The molecule has 7 heteroatoms. The third kappa shape index (κ3) is 4.65. The number of allylic oxidation sites excluding steroid dienone is 1. The van der Waals surface area contributed by atoms with Crippen LogP contribution in [-0.2, 0) is 0 Å². The second-order valence-electron chi connectivity index (χ2n) is 8.29. The van der Waals surface area contributed by atoms with Gasteiger partial charge in [-0.15, -0.1) is 0 Å². The molecule has 0 amide bonds. The van der Waals surface area contributed by atoms with Crippen molar-refractivity contribution in [2.75, 3.05) is 33.8 Å². The summed E-state index contributed by atoms with van der Waals surface area (Å²) >= 11 is 0. The zero-order valence-corrected chi connectivity index (χ0v) is 18.9. The number of methoxy groups -OCH3 is 1.